The number of hydrogen-bond acceptors (Lipinski definition) is 4. The van der Waals surface area contributed by atoms with Gasteiger partial charge >= 0.3 is 6.03 Å². The molecule has 0 bridgehead atoms. The van der Waals surface area contributed by atoms with Gasteiger partial charge in [-0.2, -0.15) is 0 Å². The number of aliphatic hydroxyl groups excluding tert-OH is 1. The fourth-order valence-corrected chi connectivity index (χ4v) is 2.37. The molecule has 2 amide bonds. The molecule has 0 aliphatic heterocycles. The number of carbonyl (C=O) groups is 1. The van der Waals surface area contributed by atoms with E-state index in [1.165, 1.54) is 12.0 Å². The molecule has 1 aromatic heterocycles. The van der Waals surface area contributed by atoms with Crippen molar-refractivity contribution >= 4 is 6.03 Å². The first-order valence-electron chi connectivity index (χ1n) is 7.78. The Hall–Kier alpha value is -2.38. The summed E-state index contributed by atoms with van der Waals surface area (Å²) in [6.45, 7) is 2.33. The third-order valence-electron chi connectivity index (χ3n) is 3.73. The van der Waals surface area contributed by atoms with Crippen LogP contribution in [-0.4, -0.2) is 59.0 Å². The minimum absolute atomic E-state index is 0.142. The standard InChI is InChI=1S/C17H24N4O3/c1-13(19-17(23)20(2)10-16(22)11-24-3)14-4-6-15(7-5-14)21-9-8-18-12-21/h4-9,12-13,16,22H,10-11H2,1-3H3,(H,19,23). The maximum atomic E-state index is 12.2. The summed E-state index contributed by atoms with van der Waals surface area (Å²) in [4.78, 5) is 17.6. The minimum atomic E-state index is -0.699. The number of amides is 2. The maximum absolute atomic E-state index is 12.2. The Kier molecular flexibility index (Phi) is 6.34. The Bertz CT molecular complexity index is 628. The summed E-state index contributed by atoms with van der Waals surface area (Å²) in [6.07, 6.45) is 4.64. The highest BCUT2D eigenvalue weighted by Crippen LogP contribution is 2.16. The van der Waals surface area contributed by atoms with Gasteiger partial charge in [0.25, 0.3) is 0 Å². The quantitative estimate of drug-likeness (QED) is 0.807. The number of benzene rings is 1. The molecule has 130 valence electrons. The Balaban J connectivity index is 1.91. The Labute approximate surface area is 141 Å². The lowest BCUT2D eigenvalue weighted by Crippen LogP contribution is -2.43. The highest BCUT2D eigenvalue weighted by molar-refractivity contribution is 5.74. The van der Waals surface area contributed by atoms with Crippen LogP contribution in [0.2, 0.25) is 0 Å². The third kappa shape index (κ3) is 4.81. The number of likely N-dealkylation sites (N-methyl/N-ethyl adjacent to an activating group) is 1. The van der Waals surface area contributed by atoms with Gasteiger partial charge < -0.3 is 24.6 Å². The maximum Gasteiger partial charge on any atom is 0.317 e. The first-order chi connectivity index (χ1) is 11.5. The van der Waals surface area contributed by atoms with Gasteiger partial charge in [0.2, 0.25) is 0 Å². The van der Waals surface area contributed by atoms with Crippen LogP contribution in [0, 0.1) is 0 Å². The Morgan fingerprint density at radius 2 is 2.12 bits per heavy atom. The van der Waals surface area contributed by atoms with Gasteiger partial charge in [-0.15, -0.1) is 0 Å². The van der Waals surface area contributed by atoms with Gasteiger partial charge in [0, 0.05) is 32.2 Å². The molecule has 2 N–H and O–H groups in total. The second-order valence-corrected chi connectivity index (χ2v) is 5.72. The third-order valence-corrected chi connectivity index (χ3v) is 3.73. The normalized spacial score (nSPS) is 13.3. The number of aromatic nitrogens is 2. The van der Waals surface area contributed by atoms with Crippen molar-refractivity contribution < 1.29 is 14.6 Å². The fraction of sp³-hybridized carbons (Fsp3) is 0.412. The number of urea groups is 1. The summed E-state index contributed by atoms with van der Waals surface area (Å²) in [7, 11) is 3.15. The molecule has 7 nitrogen and oxygen atoms in total. The zero-order valence-corrected chi connectivity index (χ0v) is 14.2. The van der Waals surface area contributed by atoms with E-state index in [0.717, 1.165) is 11.3 Å². The average Bonchev–Trinajstić information content (AvgIpc) is 3.09. The molecular formula is C17H24N4O3. The predicted molar refractivity (Wildman–Crippen MR) is 91.0 cm³/mol. The average molecular weight is 332 g/mol. The number of rotatable bonds is 7. The van der Waals surface area contributed by atoms with E-state index < -0.39 is 6.10 Å². The van der Waals surface area contributed by atoms with E-state index in [0.29, 0.717) is 0 Å². The molecule has 0 radical (unpaired) electrons. The minimum Gasteiger partial charge on any atom is -0.389 e. The van der Waals surface area contributed by atoms with Gasteiger partial charge in [-0.1, -0.05) is 12.1 Å². The summed E-state index contributed by atoms with van der Waals surface area (Å²) in [5, 5.41) is 12.6. The first kappa shape index (κ1) is 18.0. The molecule has 0 aliphatic carbocycles. The summed E-state index contributed by atoms with van der Waals surface area (Å²) >= 11 is 0. The van der Waals surface area contributed by atoms with Crippen molar-refractivity contribution in [3.05, 3.63) is 48.5 Å². The van der Waals surface area contributed by atoms with Gasteiger partial charge in [0.05, 0.1) is 31.6 Å². The van der Waals surface area contributed by atoms with Crippen LogP contribution >= 0.6 is 0 Å². The van der Waals surface area contributed by atoms with E-state index >= 15 is 0 Å². The molecule has 2 atom stereocenters. The van der Waals surface area contributed by atoms with E-state index in [1.54, 1.807) is 19.6 Å². The zero-order chi connectivity index (χ0) is 17.5. The lowest BCUT2D eigenvalue weighted by molar-refractivity contribution is 0.0488. The van der Waals surface area contributed by atoms with Gasteiger partial charge in [-0.25, -0.2) is 9.78 Å². The zero-order valence-electron chi connectivity index (χ0n) is 14.2. The first-order valence-corrected chi connectivity index (χ1v) is 7.78. The van der Waals surface area contributed by atoms with Crippen molar-refractivity contribution in [3.8, 4) is 5.69 Å². The van der Waals surface area contributed by atoms with E-state index in [9.17, 15) is 9.90 Å². The van der Waals surface area contributed by atoms with E-state index in [2.05, 4.69) is 10.3 Å². The van der Waals surface area contributed by atoms with Crippen molar-refractivity contribution in [1.82, 2.24) is 19.8 Å². The number of nitrogens with one attached hydrogen (secondary N) is 1. The number of aliphatic hydroxyl groups is 1. The molecule has 2 aromatic rings. The van der Waals surface area contributed by atoms with Crippen LogP contribution in [0.25, 0.3) is 5.69 Å². The lowest BCUT2D eigenvalue weighted by Gasteiger charge is -2.23. The van der Waals surface area contributed by atoms with Crippen molar-refractivity contribution in [2.24, 2.45) is 0 Å². The number of ether oxygens (including phenoxy) is 1. The lowest BCUT2D eigenvalue weighted by atomic mass is 10.1. The van der Waals surface area contributed by atoms with Crippen molar-refractivity contribution in [2.45, 2.75) is 19.1 Å². The molecule has 2 rings (SSSR count). The van der Waals surface area contributed by atoms with Crippen LogP contribution < -0.4 is 5.32 Å². The van der Waals surface area contributed by atoms with E-state index in [1.807, 2.05) is 42.0 Å². The monoisotopic (exact) mass is 332 g/mol. The van der Waals surface area contributed by atoms with Crippen molar-refractivity contribution in [2.75, 3.05) is 27.3 Å². The van der Waals surface area contributed by atoms with Crippen molar-refractivity contribution in [3.63, 3.8) is 0 Å². The molecule has 7 heteroatoms. The van der Waals surface area contributed by atoms with Crippen LogP contribution in [0.5, 0.6) is 0 Å². The highest BCUT2D eigenvalue weighted by Gasteiger charge is 2.16. The topological polar surface area (TPSA) is 79.6 Å². The molecule has 0 aliphatic rings. The molecule has 0 saturated heterocycles. The van der Waals surface area contributed by atoms with Gasteiger partial charge in [0.15, 0.2) is 0 Å². The Morgan fingerprint density at radius 1 is 1.42 bits per heavy atom. The smallest absolute Gasteiger partial charge is 0.317 e. The number of imidazole rings is 1. The SMILES string of the molecule is COCC(O)CN(C)C(=O)NC(C)c1ccc(-n2ccnc2)cc1. The Morgan fingerprint density at radius 3 is 2.71 bits per heavy atom. The molecule has 1 aromatic carbocycles. The second-order valence-electron chi connectivity index (χ2n) is 5.72. The largest absolute Gasteiger partial charge is 0.389 e. The summed E-state index contributed by atoms with van der Waals surface area (Å²) in [6, 6.07) is 7.52. The predicted octanol–water partition coefficient (Wildman–Crippen LogP) is 1.58. The van der Waals surface area contributed by atoms with Crippen LogP contribution in [0.15, 0.2) is 43.0 Å². The summed E-state index contributed by atoms with van der Waals surface area (Å²) in [5.74, 6) is 0. The van der Waals surface area contributed by atoms with Gasteiger partial charge in [-0.3, -0.25) is 0 Å². The number of carbonyl (C=O) groups excluding carboxylic acids is 1. The van der Waals surface area contributed by atoms with Gasteiger partial charge in [0.1, 0.15) is 0 Å². The van der Waals surface area contributed by atoms with E-state index in [-0.39, 0.29) is 25.2 Å². The second kappa shape index (κ2) is 8.47. The van der Waals surface area contributed by atoms with Gasteiger partial charge in [-0.05, 0) is 24.6 Å². The molecule has 0 fully saturated rings. The fourth-order valence-electron chi connectivity index (χ4n) is 2.37. The van der Waals surface area contributed by atoms with Crippen LogP contribution in [-0.2, 0) is 4.74 Å². The summed E-state index contributed by atoms with van der Waals surface area (Å²) in [5.41, 5.74) is 2.01. The molecule has 0 saturated carbocycles. The molecule has 0 spiro atoms. The summed E-state index contributed by atoms with van der Waals surface area (Å²) < 4.78 is 6.78. The van der Waals surface area contributed by atoms with Crippen LogP contribution in [0.3, 0.4) is 0 Å². The molecule has 2 unspecified atom stereocenters. The highest BCUT2D eigenvalue weighted by atomic mass is 16.5. The van der Waals surface area contributed by atoms with Crippen LogP contribution in [0.1, 0.15) is 18.5 Å². The number of nitrogens with zero attached hydrogens (tertiary/aromatic N) is 3. The number of hydrogen-bond donors (Lipinski definition) is 2. The number of methoxy groups -OCH3 is 1. The van der Waals surface area contributed by atoms with Crippen molar-refractivity contribution in [1.29, 1.82) is 0 Å². The van der Waals surface area contributed by atoms with Crippen LogP contribution in [0.4, 0.5) is 4.79 Å². The molecular weight excluding hydrogens is 308 g/mol. The molecule has 1 heterocycles. The van der Waals surface area contributed by atoms with E-state index in [4.69, 9.17) is 4.74 Å². The molecule has 24 heavy (non-hydrogen) atoms.